The molecule has 1 unspecified atom stereocenters. The first-order valence-corrected chi connectivity index (χ1v) is 9.72. The molecule has 0 bridgehead atoms. The fraction of sp³-hybridized carbons (Fsp3) is 0.238. The van der Waals surface area contributed by atoms with E-state index in [1.165, 1.54) is 17.8 Å². The number of rotatable bonds is 6. The lowest BCUT2D eigenvalue weighted by Gasteiger charge is -2.12. The molecule has 2 aromatic carbocycles. The third kappa shape index (κ3) is 4.96. The number of nitrogens with one attached hydrogen (secondary N) is 2. The van der Waals surface area contributed by atoms with E-state index in [1.807, 2.05) is 24.3 Å². The summed E-state index contributed by atoms with van der Waals surface area (Å²) in [6.07, 6.45) is 2.46. The summed E-state index contributed by atoms with van der Waals surface area (Å²) < 4.78 is 55.5. The van der Waals surface area contributed by atoms with Gasteiger partial charge in [0.25, 0.3) is 0 Å². The monoisotopic (exact) mass is 436 g/mol. The average molecular weight is 436 g/mol. The quantitative estimate of drug-likeness (QED) is 0.291. The predicted octanol–water partition coefficient (Wildman–Crippen LogP) is 5.81. The lowest BCUT2D eigenvalue weighted by molar-refractivity contribution is 0.431. The highest BCUT2D eigenvalue weighted by Crippen LogP contribution is 2.22. The Kier molecular flexibility index (Phi) is 6.71. The van der Waals surface area contributed by atoms with Crippen LogP contribution in [0.1, 0.15) is 37.3 Å². The SMILES string of the molecule is CCC(C)c1ccc(NC(=S)Nc2ccn(Cc3c(F)c(F)cc(F)c3F)n2)cc1. The molecular formula is C21H20F4N4S. The van der Waals surface area contributed by atoms with Crippen molar-refractivity contribution in [3.8, 4) is 0 Å². The molecule has 4 nitrogen and oxygen atoms in total. The summed E-state index contributed by atoms with van der Waals surface area (Å²) >= 11 is 5.25. The van der Waals surface area contributed by atoms with E-state index in [2.05, 4.69) is 29.6 Å². The van der Waals surface area contributed by atoms with Crippen molar-refractivity contribution in [1.82, 2.24) is 9.78 Å². The van der Waals surface area contributed by atoms with Crippen LogP contribution < -0.4 is 10.6 Å². The maximum Gasteiger partial charge on any atom is 0.176 e. The summed E-state index contributed by atoms with van der Waals surface area (Å²) in [6.45, 7) is 3.80. The summed E-state index contributed by atoms with van der Waals surface area (Å²) in [5.74, 6) is -5.04. The van der Waals surface area contributed by atoms with E-state index in [-0.39, 0.29) is 11.2 Å². The van der Waals surface area contributed by atoms with Crippen LogP contribution in [0.5, 0.6) is 0 Å². The first-order chi connectivity index (χ1) is 14.3. The minimum atomic E-state index is -1.46. The van der Waals surface area contributed by atoms with Gasteiger partial charge in [0.15, 0.2) is 34.2 Å². The molecule has 30 heavy (non-hydrogen) atoms. The molecule has 0 aliphatic carbocycles. The maximum absolute atomic E-state index is 13.8. The second kappa shape index (κ2) is 9.25. The second-order valence-electron chi connectivity index (χ2n) is 6.86. The molecule has 1 heterocycles. The molecule has 0 spiro atoms. The molecule has 0 saturated heterocycles. The highest BCUT2D eigenvalue weighted by Gasteiger charge is 2.19. The van der Waals surface area contributed by atoms with Gasteiger partial charge in [0.2, 0.25) is 0 Å². The Balaban J connectivity index is 1.64. The smallest absolute Gasteiger partial charge is 0.176 e. The number of aromatic nitrogens is 2. The molecule has 0 saturated carbocycles. The van der Waals surface area contributed by atoms with Crippen molar-refractivity contribution in [1.29, 1.82) is 0 Å². The van der Waals surface area contributed by atoms with E-state index in [0.717, 1.165) is 16.8 Å². The van der Waals surface area contributed by atoms with Crippen LogP contribution in [-0.4, -0.2) is 14.9 Å². The average Bonchev–Trinajstić information content (AvgIpc) is 3.16. The number of anilines is 2. The number of nitrogens with zero attached hydrogens (tertiary/aromatic N) is 2. The summed E-state index contributed by atoms with van der Waals surface area (Å²) in [7, 11) is 0. The highest BCUT2D eigenvalue weighted by atomic mass is 32.1. The van der Waals surface area contributed by atoms with Gasteiger partial charge in [0.05, 0.1) is 12.1 Å². The van der Waals surface area contributed by atoms with Crippen molar-refractivity contribution in [3.05, 3.63) is 77.0 Å². The van der Waals surface area contributed by atoms with Crippen LogP contribution in [0.25, 0.3) is 0 Å². The van der Waals surface area contributed by atoms with Gasteiger partial charge in [-0.3, -0.25) is 4.68 Å². The molecule has 9 heteroatoms. The molecule has 2 N–H and O–H groups in total. The zero-order valence-corrected chi connectivity index (χ0v) is 17.2. The van der Waals surface area contributed by atoms with Gasteiger partial charge in [-0.2, -0.15) is 5.10 Å². The van der Waals surface area contributed by atoms with Crippen LogP contribution in [-0.2, 0) is 6.54 Å². The van der Waals surface area contributed by atoms with Crippen LogP contribution >= 0.6 is 12.2 Å². The van der Waals surface area contributed by atoms with Gasteiger partial charge in [0.1, 0.15) is 0 Å². The highest BCUT2D eigenvalue weighted by molar-refractivity contribution is 7.80. The van der Waals surface area contributed by atoms with Crippen LogP contribution in [0.15, 0.2) is 42.6 Å². The fourth-order valence-electron chi connectivity index (χ4n) is 2.85. The lowest BCUT2D eigenvalue weighted by atomic mass is 9.99. The van der Waals surface area contributed by atoms with E-state index in [9.17, 15) is 17.6 Å². The number of thiocarbonyl (C=S) groups is 1. The normalized spacial score (nSPS) is 11.9. The van der Waals surface area contributed by atoms with Gasteiger partial charge < -0.3 is 10.6 Å². The van der Waals surface area contributed by atoms with Crippen molar-refractivity contribution >= 4 is 28.8 Å². The van der Waals surface area contributed by atoms with Crippen LogP contribution in [0.2, 0.25) is 0 Å². The Hall–Kier alpha value is -2.94. The zero-order valence-electron chi connectivity index (χ0n) is 16.3. The Morgan fingerprint density at radius 3 is 2.27 bits per heavy atom. The second-order valence-corrected chi connectivity index (χ2v) is 7.26. The van der Waals surface area contributed by atoms with Crippen LogP contribution in [0, 0.1) is 23.3 Å². The molecule has 158 valence electrons. The van der Waals surface area contributed by atoms with Gasteiger partial charge in [-0.05, 0) is 42.3 Å². The number of halogens is 4. The van der Waals surface area contributed by atoms with Gasteiger partial charge in [-0.1, -0.05) is 26.0 Å². The number of hydrogen-bond donors (Lipinski definition) is 2. The van der Waals surface area contributed by atoms with E-state index in [4.69, 9.17) is 12.2 Å². The van der Waals surface area contributed by atoms with Gasteiger partial charge in [-0.25, -0.2) is 17.6 Å². The van der Waals surface area contributed by atoms with E-state index < -0.39 is 35.4 Å². The molecule has 1 atom stereocenters. The van der Waals surface area contributed by atoms with Crippen LogP contribution in [0.4, 0.5) is 29.1 Å². The molecule has 0 amide bonds. The molecule has 0 aliphatic heterocycles. The summed E-state index contributed by atoms with van der Waals surface area (Å²) in [5.41, 5.74) is 1.27. The molecule has 0 fully saturated rings. The molecule has 3 aromatic rings. The minimum Gasteiger partial charge on any atom is -0.332 e. The Morgan fingerprint density at radius 2 is 1.67 bits per heavy atom. The van der Waals surface area contributed by atoms with Crippen molar-refractivity contribution in [2.45, 2.75) is 32.7 Å². The topological polar surface area (TPSA) is 41.9 Å². The van der Waals surface area contributed by atoms with Gasteiger partial charge >= 0.3 is 0 Å². The molecular weight excluding hydrogens is 416 g/mol. The maximum atomic E-state index is 13.8. The molecule has 1 aromatic heterocycles. The van der Waals surface area contributed by atoms with Gasteiger partial charge in [0, 0.05) is 24.0 Å². The molecule has 0 radical (unpaired) electrons. The lowest BCUT2D eigenvalue weighted by Crippen LogP contribution is -2.19. The fourth-order valence-corrected chi connectivity index (χ4v) is 3.07. The van der Waals surface area contributed by atoms with Crippen molar-refractivity contribution in [2.75, 3.05) is 10.6 Å². The van der Waals surface area contributed by atoms with E-state index in [1.54, 1.807) is 0 Å². The van der Waals surface area contributed by atoms with Crippen LogP contribution in [0.3, 0.4) is 0 Å². The first kappa shape index (κ1) is 21.8. The molecule has 3 rings (SSSR count). The Labute approximate surface area is 176 Å². The van der Waals surface area contributed by atoms with E-state index in [0.29, 0.717) is 11.7 Å². The molecule has 0 aliphatic rings. The third-order valence-corrected chi connectivity index (χ3v) is 4.96. The standard InChI is InChI=1S/C21H20F4N4S/c1-3-12(2)13-4-6-14(7-5-13)26-21(30)27-18-8-9-29(28-18)11-15-19(24)16(22)10-17(23)20(15)25/h4-10,12H,3,11H2,1-2H3,(H2,26,27,28,30). The minimum absolute atomic E-state index is 0.170. The van der Waals surface area contributed by atoms with Crippen molar-refractivity contribution in [3.63, 3.8) is 0 Å². The van der Waals surface area contributed by atoms with Crippen molar-refractivity contribution in [2.24, 2.45) is 0 Å². The third-order valence-electron chi connectivity index (χ3n) is 4.76. The Morgan fingerprint density at radius 1 is 1.03 bits per heavy atom. The summed E-state index contributed by atoms with van der Waals surface area (Å²) in [4.78, 5) is 0. The number of benzene rings is 2. The van der Waals surface area contributed by atoms with Crippen molar-refractivity contribution < 1.29 is 17.6 Å². The van der Waals surface area contributed by atoms with E-state index >= 15 is 0 Å². The Bertz CT molecular complexity index is 1020. The zero-order chi connectivity index (χ0) is 21.8. The predicted molar refractivity (Wildman–Crippen MR) is 113 cm³/mol. The summed E-state index contributed by atoms with van der Waals surface area (Å²) in [6, 6.07) is 9.57. The van der Waals surface area contributed by atoms with Gasteiger partial charge in [-0.15, -0.1) is 0 Å². The first-order valence-electron chi connectivity index (χ1n) is 9.31. The summed E-state index contributed by atoms with van der Waals surface area (Å²) in [5, 5.41) is 10.2. The number of hydrogen-bond acceptors (Lipinski definition) is 2. The largest absolute Gasteiger partial charge is 0.332 e.